The number of thiophene rings is 1. The number of carboxylic acid groups (broad SMARTS) is 1. The molecule has 0 spiro atoms. The van der Waals surface area contributed by atoms with Crippen LogP contribution < -0.4 is 10.1 Å². The molecule has 3 aromatic rings. The number of amides is 1. The van der Waals surface area contributed by atoms with Gasteiger partial charge < -0.3 is 15.2 Å². The molecule has 1 fully saturated rings. The minimum absolute atomic E-state index is 0.0956. The molecule has 1 saturated heterocycles. The molecule has 2 aromatic carbocycles. The first-order valence-electron chi connectivity index (χ1n) is 11.1. The van der Waals surface area contributed by atoms with Crippen LogP contribution in [0.15, 0.2) is 59.3 Å². The van der Waals surface area contributed by atoms with E-state index < -0.39 is 12.1 Å². The van der Waals surface area contributed by atoms with Gasteiger partial charge in [0.05, 0.1) is 10.6 Å². The van der Waals surface area contributed by atoms with Gasteiger partial charge in [0, 0.05) is 30.7 Å². The maximum absolute atomic E-state index is 13.0. The molecule has 4 rings (SSSR count). The average Bonchev–Trinajstić information content (AvgIpc) is 3.39. The largest absolute Gasteiger partial charge is 0.490 e. The van der Waals surface area contributed by atoms with E-state index in [1.165, 1.54) is 23.5 Å². The van der Waals surface area contributed by atoms with E-state index in [4.69, 9.17) is 26.2 Å². The Bertz CT molecular complexity index is 1180. The van der Waals surface area contributed by atoms with Gasteiger partial charge >= 0.3 is 12.1 Å². The van der Waals surface area contributed by atoms with Crippen LogP contribution in [0.2, 0.25) is 5.02 Å². The van der Waals surface area contributed by atoms with Gasteiger partial charge in [0.2, 0.25) is 0 Å². The van der Waals surface area contributed by atoms with Gasteiger partial charge in [-0.15, -0.1) is 0 Å². The van der Waals surface area contributed by atoms with Crippen molar-refractivity contribution < 1.29 is 37.0 Å². The molecule has 1 aromatic heterocycles. The third-order valence-electron chi connectivity index (χ3n) is 5.36. The number of piperidine rings is 1. The zero-order chi connectivity index (χ0) is 27.0. The number of anilines is 1. The van der Waals surface area contributed by atoms with Crippen molar-refractivity contribution in [3.63, 3.8) is 0 Å². The number of carbonyl (C=O) groups excluding carboxylic acids is 1. The number of nitrogens with zero attached hydrogens (tertiary/aromatic N) is 1. The van der Waals surface area contributed by atoms with E-state index in [1.807, 2.05) is 17.5 Å². The van der Waals surface area contributed by atoms with E-state index in [-0.39, 0.29) is 17.8 Å². The fraction of sp³-hybridized carbons (Fsp3) is 0.280. The average molecular weight is 559 g/mol. The molecule has 0 bridgehead atoms. The molecule has 2 N–H and O–H groups in total. The van der Waals surface area contributed by atoms with Crippen molar-refractivity contribution in [3.05, 3.63) is 81.3 Å². The van der Waals surface area contributed by atoms with Crippen LogP contribution in [0.3, 0.4) is 0 Å². The fourth-order valence-corrected chi connectivity index (χ4v) is 4.34. The molecule has 0 unspecified atom stereocenters. The standard InChI is InChI=1S/C23H22ClFN2O2S.C2HF3O2/c24-21-13-19(26-23(28)17-9-12-30-15-17)5-6-22(21)29-20-7-10-27(11-8-20)14-16-1-3-18(25)4-2-16;3-2(4,5)1(6)7/h1-6,9,12-13,15,20H,7-8,10-11,14H2,(H,26,28);(H,6,7). The summed E-state index contributed by atoms with van der Waals surface area (Å²) in [6, 6.07) is 13.8. The predicted octanol–water partition coefficient (Wildman–Crippen LogP) is 6.47. The van der Waals surface area contributed by atoms with Gasteiger partial charge in [-0.2, -0.15) is 24.5 Å². The van der Waals surface area contributed by atoms with Crippen LogP contribution in [0.5, 0.6) is 5.75 Å². The van der Waals surface area contributed by atoms with Gasteiger partial charge in [-0.1, -0.05) is 23.7 Å². The van der Waals surface area contributed by atoms with Crippen molar-refractivity contribution in [3.8, 4) is 5.75 Å². The minimum atomic E-state index is -5.08. The van der Waals surface area contributed by atoms with Crippen LogP contribution >= 0.6 is 22.9 Å². The summed E-state index contributed by atoms with van der Waals surface area (Å²) in [6.45, 7) is 2.63. The van der Waals surface area contributed by atoms with Gasteiger partial charge in [-0.3, -0.25) is 9.69 Å². The lowest BCUT2D eigenvalue weighted by molar-refractivity contribution is -0.192. The van der Waals surface area contributed by atoms with Crippen LogP contribution in [0.1, 0.15) is 28.8 Å². The Hall–Kier alpha value is -3.15. The van der Waals surface area contributed by atoms with Crippen molar-refractivity contribution >= 4 is 40.5 Å². The van der Waals surface area contributed by atoms with Crippen LogP contribution in [0.25, 0.3) is 0 Å². The lowest BCUT2D eigenvalue weighted by Crippen LogP contribution is -2.37. The predicted molar refractivity (Wildman–Crippen MR) is 133 cm³/mol. The third kappa shape index (κ3) is 9.03. The van der Waals surface area contributed by atoms with Crippen molar-refractivity contribution in [2.24, 2.45) is 0 Å². The van der Waals surface area contributed by atoms with Gasteiger partial charge in [-0.05, 0) is 60.2 Å². The summed E-state index contributed by atoms with van der Waals surface area (Å²) in [6.07, 6.45) is -3.19. The summed E-state index contributed by atoms with van der Waals surface area (Å²) < 4.78 is 50.9. The first-order chi connectivity index (χ1) is 17.5. The smallest absolute Gasteiger partial charge is 0.489 e. The van der Waals surface area contributed by atoms with Crippen molar-refractivity contribution in [1.29, 1.82) is 0 Å². The van der Waals surface area contributed by atoms with Crippen molar-refractivity contribution in [2.45, 2.75) is 31.7 Å². The number of carbonyl (C=O) groups is 2. The molecular formula is C25H23ClF4N2O4S. The number of nitrogens with one attached hydrogen (secondary N) is 1. The van der Waals surface area contributed by atoms with E-state index >= 15 is 0 Å². The highest BCUT2D eigenvalue weighted by atomic mass is 35.5. The van der Waals surface area contributed by atoms with Crippen molar-refractivity contribution in [2.75, 3.05) is 18.4 Å². The molecule has 1 amide bonds. The molecular weight excluding hydrogens is 536 g/mol. The lowest BCUT2D eigenvalue weighted by Gasteiger charge is -2.32. The summed E-state index contributed by atoms with van der Waals surface area (Å²) >= 11 is 7.87. The first kappa shape index (κ1) is 28.4. The molecule has 6 nitrogen and oxygen atoms in total. The first-order valence-corrected chi connectivity index (χ1v) is 12.4. The molecule has 0 aliphatic carbocycles. The van der Waals surface area contributed by atoms with Gasteiger partial charge in [0.1, 0.15) is 17.7 Å². The monoisotopic (exact) mass is 558 g/mol. The Labute approximate surface area is 219 Å². The molecule has 37 heavy (non-hydrogen) atoms. The lowest BCUT2D eigenvalue weighted by atomic mass is 10.1. The second-order valence-electron chi connectivity index (χ2n) is 8.13. The topological polar surface area (TPSA) is 78.9 Å². The highest BCUT2D eigenvalue weighted by molar-refractivity contribution is 7.08. The van der Waals surface area contributed by atoms with Crippen LogP contribution in [-0.4, -0.2) is 47.3 Å². The summed E-state index contributed by atoms with van der Waals surface area (Å²) in [5.41, 5.74) is 2.38. The number of halogens is 5. The van der Waals surface area contributed by atoms with E-state index in [0.29, 0.717) is 22.0 Å². The summed E-state index contributed by atoms with van der Waals surface area (Å²) in [7, 11) is 0. The highest BCUT2D eigenvalue weighted by Gasteiger charge is 2.38. The Morgan fingerprint density at radius 1 is 1.11 bits per heavy atom. The molecule has 1 aliphatic heterocycles. The SMILES string of the molecule is O=C(Nc1ccc(OC2CCN(Cc3ccc(F)cc3)CC2)c(Cl)c1)c1ccsc1.O=C(O)C(F)(F)F. The van der Waals surface area contributed by atoms with Crippen molar-refractivity contribution in [1.82, 2.24) is 4.90 Å². The highest BCUT2D eigenvalue weighted by Crippen LogP contribution is 2.30. The number of likely N-dealkylation sites (tertiary alicyclic amines) is 1. The normalized spacial score (nSPS) is 14.4. The Morgan fingerprint density at radius 2 is 1.76 bits per heavy atom. The van der Waals surface area contributed by atoms with Gasteiger partial charge in [0.15, 0.2) is 0 Å². The third-order valence-corrected chi connectivity index (χ3v) is 6.34. The Kier molecular flexibility index (Phi) is 9.90. The molecule has 0 saturated carbocycles. The number of hydrogen-bond donors (Lipinski definition) is 2. The van der Waals surface area contributed by atoms with E-state index in [1.54, 1.807) is 29.6 Å². The second kappa shape index (κ2) is 12.9. The van der Waals surface area contributed by atoms with Crippen LogP contribution in [0.4, 0.5) is 23.2 Å². The quantitative estimate of drug-likeness (QED) is 0.339. The zero-order valence-corrected chi connectivity index (χ0v) is 20.9. The molecule has 2 heterocycles. The van der Waals surface area contributed by atoms with E-state index in [2.05, 4.69) is 10.2 Å². The molecule has 12 heteroatoms. The van der Waals surface area contributed by atoms with Gasteiger partial charge in [0.25, 0.3) is 5.91 Å². The number of ether oxygens (including phenoxy) is 1. The maximum Gasteiger partial charge on any atom is 0.490 e. The molecule has 1 aliphatic rings. The maximum atomic E-state index is 13.0. The Balaban J connectivity index is 0.000000479. The number of carboxylic acids is 1. The Morgan fingerprint density at radius 3 is 2.30 bits per heavy atom. The summed E-state index contributed by atoms with van der Waals surface area (Å²) in [5, 5.41) is 14.1. The zero-order valence-electron chi connectivity index (χ0n) is 19.3. The number of alkyl halides is 3. The molecule has 0 atom stereocenters. The molecule has 0 radical (unpaired) electrons. The number of aliphatic carboxylic acids is 1. The van der Waals surface area contributed by atoms with E-state index in [9.17, 15) is 22.4 Å². The number of hydrogen-bond acceptors (Lipinski definition) is 5. The fourth-order valence-electron chi connectivity index (χ4n) is 3.48. The molecule has 198 valence electrons. The van der Waals surface area contributed by atoms with Crippen LogP contribution in [-0.2, 0) is 11.3 Å². The summed E-state index contributed by atoms with van der Waals surface area (Å²) in [4.78, 5) is 23.4. The van der Waals surface area contributed by atoms with Crippen LogP contribution in [0, 0.1) is 5.82 Å². The number of rotatable bonds is 6. The number of benzene rings is 2. The van der Waals surface area contributed by atoms with E-state index in [0.717, 1.165) is 38.0 Å². The summed E-state index contributed by atoms with van der Waals surface area (Å²) in [5.74, 6) is -2.50. The minimum Gasteiger partial charge on any atom is -0.489 e. The van der Waals surface area contributed by atoms with Gasteiger partial charge in [-0.25, -0.2) is 9.18 Å². The second-order valence-corrected chi connectivity index (χ2v) is 9.32.